The smallest absolute Gasteiger partial charge is 0.305 e. The van der Waals surface area contributed by atoms with E-state index >= 15 is 0 Å². The maximum atomic E-state index is 12.1. The Labute approximate surface area is 171 Å². The lowest BCUT2D eigenvalue weighted by Gasteiger charge is -2.60. The molecule has 3 nitrogen and oxygen atoms in total. The molecule has 0 amide bonds. The highest BCUT2D eigenvalue weighted by Gasteiger charge is 2.60. The lowest BCUT2D eigenvalue weighted by molar-refractivity contribution is -0.141. The molecule has 0 aromatic carbocycles. The molecule has 8 atom stereocenters. The zero-order valence-electron chi connectivity index (χ0n) is 18.5. The number of ether oxygens (including phenoxy) is 1. The molecule has 3 heteroatoms. The molecule has 0 bridgehead atoms. The van der Waals surface area contributed by atoms with Crippen molar-refractivity contribution in [2.75, 3.05) is 7.11 Å². The van der Waals surface area contributed by atoms with Crippen molar-refractivity contribution < 1.29 is 14.3 Å². The first kappa shape index (κ1) is 20.4. The molecule has 4 aliphatic rings. The number of ketones is 1. The molecule has 28 heavy (non-hydrogen) atoms. The van der Waals surface area contributed by atoms with Crippen molar-refractivity contribution in [2.45, 2.75) is 91.4 Å². The number of methoxy groups -OCH3 is 1. The molecule has 0 aromatic heterocycles. The monoisotopic (exact) mass is 388 g/mol. The summed E-state index contributed by atoms with van der Waals surface area (Å²) in [5.41, 5.74) is 0.858. The SMILES string of the molecule is COC(=O)CCC(C)C1CCC2C3CC[C@@H]4CC(=O)CC[C@]4(C)C3CC[C@]12C. The first-order valence-electron chi connectivity index (χ1n) is 11.9. The van der Waals surface area contributed by atoms with Crippen LogP contribution in [0.1, 0.15) is 91.4 Å². The molecular weight excluding hydrogens is 348 g/mol. The van der Waals surface area contributed by atoms with E-state index in [9.17, 15) is 9.59 Å². The van der Waals surface area contributed by atoms with Gasteiger partial charge in [0.05, 0.1) is 7.11 Å². The molecule has 4 aliphatic carbocycles. The van der Waals surface area contributed by atoms with Crippen molar-refractivity contribution in [3.8, 4) is 0 Å². The molecule has 0 aromatic rings. The van der Waals surface area contributed by atoms with Gasteiger partial charge in [-0.05, 0) is 97.7 Å². The molecule has 0 heterocycles. The second kappa shape index (κ2) is 7.43. The summed E-state index contributed by atoms with van der Waals surface area (Å²) in [6.07, 6.45) is 12.4. The van der Waals surface area contributed by atoms with Gasteiger partial charge in [0.15, 0.2) is 0 Å². The van der Waals surface area contributed by atoms with E-state index in [0.29, 0.717) is 34.9 Å². The minimum absolute atomic E-state index is 0.0617. The summed E-state index contributed by atoms with van der Waals surface area (Å²) < 4.78 is 4.87. The summed E-state index contributed by atoms with van der Waals surface area (Å²) in [5, 5.41) is 0. The van der Waals surface area contributed by atoms with Crippen LogP contribution in [0.4, 0.5) is 0 Å². The molecule has 5 unspecified atom stereocenters. The Morgan fingerprint density at radius 1 is 1.07 bits per heavy atom. The van der Waals surface area contributed by atoms with Gasteiger partial charge in [0.25, 0.3) is 0 Å². The van der Waals surface area contributed by atoms with Crippen LogP contribution in [0.15, 0.2) is 0 Å². The van der Waals surface area contributed by atoms with Gasteiger partial charge in [-0.3, -0.25) is 9.59 Å². The average Bonchev–Trinajstić information content (AvgIpc) is 3.03. The van der Waals surface area contributed by atoms with Gasteiger partial charge in [-0.25, -0.2) is 0 Å². The molecule has 0 N–H and O–H groups in total. The van der Waals surface area contributed by atoms with Gasteiger partial charge >= 0.3 is 5.97 Å². The Morgan fingerprint density at radius 2 is 1.82 bits per heavy atom. The number of rotatable bonds is 4. The molecule has 0 saturated heterocycles. The zero-order valence-corrected chi connectivity index (χ0v) is 18.5. The summed E-state index contributed by atoms with van der Waals surface area (Å²) in [4.78, 5) is 23.7. The van der Waals surface area contributed by atoms with Gasteiger partial charge in [0, 0.05) is 19.3 Å². The average molecular weight is 389 g/mol. The molecule has 4 fully saturated rings. The fourth-order valence-electron chi connectivity index (χ4n) is 8.67. The van der Waals surface area contributed by atoms with Gasteiger partial charge in [-0.1, -0.05) is 20.8 Å². The number of hydrogen-bond acceptors (Lipinski definition) is 3. The van der Waals surface area contributed by atoms with Crippen molar-refractivity contribution in [3.63, 3.8) is 0 Å². The molecule has 4 saturated carbocycles. The lowest BCUT2D eigenvalue weighted by Crippen LogP contribution is -2.53. The summed E-state index contributed by atoms with van der Waals surface area (Å²) in [5.74, 6) is 5.01. The second-order valence-corrected chi connectivity index (χ2v) is 11.2. The highest BCUT2D eigenvalue weighted by Crippen LogP contribution is 2.68. The molecule has 158 valence electrons. The number of carbonyl (C=O) groups is 2. The number of Topliss-reactive ketones (excluding diaryl/α,β-unsaturated/α-hetero) is 1. The van der Waals surface area contributed by atoms with Gasteiger partial charge in [0.2, 0.25) is 0 Å². The molecule has 0 radical (unpaired) electrons. The molecule has 4 rings (SSSR count). The van der Waals surface area contributed by atoms with E-state index in [1.54, 1.807) is 0 Å². The highest BCUT2D eigenvalue weighted by molar-refractivity contribution is 5.79. The number of esters is 1. The van der Waals surface area contributed by atoms with Crippen LogP contribution in [0.5, 0.6) is 0 Å². The lowest BCUT2D eigenvalue weighted by atomic mass is 9.44. The topological polar surface area (TPSA) is 43.4 Å². The minimum atomic E-state index is -0.0617. The minimum Gasteiger partial charge on any atom is -0.469 e. The maximum Gasteiger partial charge on any atom is 0.305 e. The van der Waals surface area contributed by atoms with E-state index in [0.717, 1.165) is 49.4 Å². The molecular formula is C25H40O3. The fraction of sp³-hybridized carbons (Fsp3) is 0.920. The van der Waals surface area contributed by atoms with Crippen LogP contribution in [0.3, 0.4) is 0 Å². The van der Waals surface area contributed by atoms with E-state index in [4.69, 9.17) is 4.74 Å². The third-order valence-corrected chi connectivity index (χ3v) is 10.3. The highest BCUT2D eigenvalue weighted by atomic mass is 16.5. The van der Waals surface area contributed by atoms with Gasteiger partial charge in [-0.15, -0.1) is 0 Å². The summed E-state index contributed by atoms with van der Waals surface area (Å²) in [6.45, 7) is 7.49. The summed E-state index contributed by atoms with van der Waals surface area (Å²) in [6, 6.07) is 0. The van der Waals surface area contributed by atoms with Crippen molar-refractivity contribution in [2.24, 2.45) is 46.3 Å². The third-order valence-electron chi connectivity index (χ3n) is 10.3. The van der Waals surface area contributed by atoms with Crippen LogP contribution in [0.2, 0.25) is 0 Å². The Kier molecular flexibility index (Phi) is 5.42. The predicted molar refractivity (Wildman–Crippen MR) is 111 cm³/mol. The largest absolute Gasteiger partial charge is 0.469 e. The maximum absolute atomic E-state index is 12.1. The van der Waals surface area contributed by atoms with E-state index in [2.05, 4.69) is 20.8 Å². The number of carbonyl (C=O) groups excluding carboxylic acids is 2. The van der Waals surface area contributed by atoms with E-state index in [1.807, 2.05) is 0 Å². The quantitative estimate of drug-likeness (QED) is 0.571. The summed E-state index contributed by atoms with van der Waals surface area (Å²) in [7, 11) is 1.50. The number of fused-ring (bicyclic) bond motifs is 5. The summed E-state index contributed by atoms with van der Waals surface area (Å²) >= 11 is 0. The fourth-order valence-corrected chi connectivity index (χ4v) is 8.67. The van der Waals surface area contributed by atoms with Gasteiger partial charge < -0.3 is 4.74 Å². The van der Waals surface area contributed by atoms with Crippen LogP contribution in [-0.2, 0) is 14.3 Å². The Hall–Kier alpha value is -0.860. The van der Waals surface area contributed by atoms with Gasteiger partial charge in [0.1, 0.15) is 5.78 Å². The van der Waals surface area contributed by atoms with E-state index < -0.39 is 0 Å². The van der Waals surface area contributed by atoms with Crippen LogP contribution in [0, 0.1) is 46.3 Å². The standard InChI is InChI=1S/C25H40O3/c1-16(5-10-23(27)28-4)20-8-9-21-19-7-6-17-15-18(26)11-13-24(17,2)22(19)12-14-25(20,21)3/h16-17,19-22H,5-15H2,1-4H3/t16?,17-,19?,20?,21?,22?,24+,25-/m1/s1. The Bertz CT molecular complexity index is 627. The first-order chi connectivity index (χ1) is 13.3. The number of hydrogen-bond donors (Lipinski definition) is 0. The van der Waals surface area contributed by atoms with Crippen molar-refractivity contribution in [1.29, 1.82) is 0 Å². The van der Waals surface area contributed by atoms with Crippen LogP contribution in [0.25, 0.3) is 0 Å². The van der Waals surface area contributed by atoms with Crippen molar-refractivity contribution >= 4 is 11.8 Å². The van der Waals surface area contributed by atoms with Gasteiger partial charge in [-0.2, -0.15) is 0 Å². The van der Waals surface area contributed by atoms with E-state index in [1.165, 1.54) is 45.6 Å². The predicted octanol–water partition coefficient (Wildman–Crippen LogP) is 5.80. The molecule has 0 spiro atoms. The Morgan fingerprint density at radius 3 is 2.57 bits per heavy atom. The van der Waals surface area contributed by atoms with Crippen molar-refractivity contribution in [3.05, 3.63) is 0 Å². The zero-order chi connectivity index (χ0) is 20.1. The first-order valence-corrected chi connectivity index (χ1v) is 11.9. The van der Waals surface area contributed by atoms with E-state index in [-0.39, 0.29) is 5.97 Å². The van der Waals surface area contributed by atoms with Crippen LogP contribution < -0.4 is 0 Å². The second-order valence-electron chi connectivity index (χ2n) is 11.2. The Balaban J connectivity index is 1.49. The molecule has 0 aliphatic heterocycles. The third kappa shape index (κ3) is 3.16. The van der Waals surface area contributed by atoms with Crippen LogP contribution >= 0.6 is 0 Å². The van der Waals surface area contributed by atoms with Crippen LogP contribution in [-0.4, -0.2) is 18.9 Å². The normalized spacial score (nSPS) is 46.3. The van der Waals surface area contributed by atoms with Crippen molar-refractivity contribution in [1.82, 2.24) is 0 Å².